The highest BCUT2D eigenvalue weighted by atomic mass is 32.1. The second-order valence-corrected chi connectivity index (χ2v) is 3.76. The maximum Gasteiger partial charge on any atom is 0.259 e. The highest BCUT2D eigenvalue weighted by Crippen LogP contribution is 2.18. The Hall–Kier alpha value is -1.81. The van der Waals surface area contributed by atoms with E-state index in [-0.39, 0.29) is 17.2 Å². The van der Waals surface area contributed by atoms with Crippen LogP contribution in [0.4, 0.5) is 5.69 Å². The standard InChI is InChI=1S/C11H9NO2S/c13-10-4-2-1-3-9(10)11(14)12-8-5-6-15-7-8/h1-7,13H,(H,12,14). The summed E-state index contributed by atoms with van der Waals surface area (Å²) in [5.41, 5.74) is 1.02. The van der Waals surface area contributed by atoms with Crippen LogP contribution in [-0.2, 0) is 0 Å². The number of anilines is 1. The molecule has 0 saturated carbocycles. The quantitative estimate of drug-likeness (QED) is 0.815. The van der Waals surface area contributed by atoms with Gasteiger partial charge in [0.05, 0.1) is 11.3 Å². The van der Waals surface area contributed by atoms with E-state index in [1.807, 2.05) is 16.8 Å². The SMILES string of the molecule is O=C(Nc1ccsc1)c1ccccc1O. The number of para-hydroxylation sites is 1. The van der Waals surface area contributed by atoms with Crippen LogP contribution in [0.2, 0.25) is 0 Å². The van der Waals surface area contributed by atoms with Gasteiger partial charge in [0, 0.05) is 5.38 Å². The lowest BCUT2D eigenvalue weighted by atomic mass is 10.2. The molecule has 0 radical (unpaired) electrons. The topological polar surface area (TPSA) is 49.3 Å². The van der Waals surface area contributed by atoms with Crippen LogP contribution in [0.25, 0.3) is 0 Å². The van der Waals surface area contributed by atoms with Crippen molar-refractivity contribution in [3.8, 4) is 5.75 Å². The fraction of sp³-hybridized carbons (Fsp3) is 0. The summed E-state index contributed by atoms with van der Waals surface area (Å²) in [6, 6.07) is 8.26. The molecule has 76 valence electrons. The van der Waals surface area contributed by atoms with Gasteiger partial charge in [-0.2, -0.15) is 11.3 Å². The molecule has 0 saturated heterocycles. The molecule has 0 aliphatic rings. The first kappa shape index (κ1) is 9.73. The number of phenolic OH excluding ortho intramolecular Hbond substituents is 1. The van der Waals surface area contributed by atoms with Crippen molar-refractivity contribution in [1.82, 2.24) is 0 Å². The molecule has 1 heterocycles. The summed E-state index contributed by atoms with van der Waals surface area (Å²) in [5.74, 6) is -0.309. The lowest BCUT2D eigenvalue weighted by Crippen LogP contribution is -2.11. The van der Waals surface area contributed by atoms with Gasteiger partial charge in [0.2, 0.25) is 0 Å². The van der Waals surface area contributed by atoms with Gasteiger partial charge in [-0.15, -0.1) is 0 Å². The predicted octanol–water partition coefficient (Wildman–Crippen LogP) is 2.71. The number of aromatic hydroxyl groups is 1. The average molecular weight is 219 g/mol. The Morgan fingerprint density at radius 2 is 2.07 bits per heavy atom. The third kappa shape index (κ3) is 2.16. The fourth-order valence-corrected chi connectivity index (χ4v) is 1.79. The van der Waals surface area contributed by atoms with E-state index in [0.717, 1.165) is 5.69 Å². The fourth-order valence-electron chi connectivity index (χ4n) is 1.20. The molecule has 0 fully saturated rings. The van der Waals surface area contributed by atoms with E-state index in [2.05, 4.69) is 5.32 Å². The van der Waals surface area contributed by atoms with Gasteiger partial charge in [0.15, 0.2) is 0 Å². The van der Waals surface area contributed by atoms with Crippen LogP contribution < -0.4 is 5.32 Å². The first-order valence-electron chi connectivity index (χ1n) is 4.39. The number of hydrogen-bond acceptors (Lipinski definition) is 3. The summed E-state index contributed by atoms with van der Waals surface area (Å²) in [7, 11) is 0. The van der Waals surface area contributed by atoms with Crippen molar-refractivity contribution < 1.29 is 9.90 Å². The van der Waals surface area contributed by atoms with Crippen LogP contribution >= 0.6 is 11.3 Å². The van der Waals surface area contributed by atoms with E-state index >= 15 is 0 Å². The lowest BCUT2D eigenvalue weighted by molar-refractivity contribution is 0.102. The van der Waals surface area contributed by atoms with Crippen molar-refractivity contribution in [2.75, 3.05) is 5.32 Å². The third-order valence-electron chi connectivity index (χ3n) is 1.93. The Balaban J connectivity index is 2.19. The molecule has 0 atom stereocenters. The summed E-state index contributed by atoms with van der Waals surface area (Å²) >= 11 is 1.50. The summed E-state index contributed by atoms with van der Waals surface area (Å²) in [6.45, 7) is 0. The van der Waals surface area contributed by atoms with Crippen molar-refractivity contribution in [3.05, 3.63) is 46.7 Å². The van der Waals surface area contributed by atoms with E-state index in [4.69, 9.17) is 0 Å². The second-order valence-electron chi connectivity index (χ2n) is 2.98. The number of thiophene rings is 1. The molecule has 0 bridgehead atoms. The highest BCUT2D eigenvalue weighted by Gasteiger charge is 2.09. The molecule has 3 nitrogen and oxygen atoms in total. The van der Waals surface area contributed by atoms with Crippen molar-refractivity contribution >= 4 is 22.9 Å². The van der Waals surface area contributed by atoms with E-state index in [9.17, 15) is 9.90 Å². The predicted molar refractivity (Wildman–Crippen MR) is 60.4 cm³/mol. The van der Waals surface area contributed by atoms with Gasteiger partial charge in [-0.1, -0.05) is 12.1 Å². The minimum atomic E-state index is -0.300. The van der Waals surface area contributed by atoms with E-state index < -0.39 is 0 Å². The van der Waals surface area contributed by atoms with Crippen LogP contribution in [0.5, 0.6) is 5.75 Å². The molecular weight excluding hydrogens is 210 g/mol. The molecule has 2 aromatic rings. The zero-order chi connectivity index (χ0) is 10.7. The summed E-state index contributed by atoms with van der Waals surface area (Å²) in [6.07, 6.45) is 0. The summed E-state index contributed by atoms with van der Waals surface area (Å²) in [4.78, 5) is 11.7. The molecule has 2 rings (SSSR count). The number of carbonyl (C=O) groups is 1. The summed E-state index contributed by atoms with van der Waals surface area (Å²) in [5, 5.41) is 15.8. The maximum absolute atomic E-state index is 11.7. The van der Waals surface area contributed by atoms with Crippen molar-refractivity contribution in [1.29, 1.82) is 0 Å². The van der Waals surface area contributed by atoms with Gasteiger partial charge in [-0.25, -0.2) is 0 Å². The van der Waals surface area contributed by atoms with E-state index in [1.54, 1.807) is 18.2 Å². The molecule has 1 aromatic heterocycles. The number of amides is 1. The van der Waals surface area contributed by atoms with Gasteiger partial charge in [0.25, 0.3) is 5.91 Å². The summed E-state index contributed by atoms with van der Waals surface area (Å²) < 4.78 is 0. The first-order valence-corrected chi connectivity index (χ1v) is 5.33. The zero-order valence-electron chi connectivity index (χ0n) is 7.81. The van der Waals surface area contributed by atoms with Gasteiger partial charge in [-0.05, 0) is 23.6 Å². The number of hydrogen-bond donors (Lipinski definition) is 2. The van der Waals surface area contributed by atoms with E-state index in [0.29, 0.717) is 0 Å². The number of nitrogens with one attached hydrogen (secondary N) is 1. The molecule has 0 aliphatic carbocycles. The molecule has 0 unspecified atom stereocenters. The minimum Gasteiger partial charge on any atom is -0.507 e. The molecule has 4 heteroatoms. The van der Waals surface area contributed by atoms with Gasteiger partial charge < -0.3 is 10.4 Å². The van der Waals surface area contributed by atoms with Crippen molar-refractivity contribution in [3.63, 3.8) is 0 Å². The van der Waals surface area contributed by atoms with Crippen LogP contribution in [0.3, 0.4) is 0 Å². The van der Waals surface area contributed by atoms with Crippen molar-refractivity contribution in [2.24, 2.45) is 0 Å². The molecule has 15 heavy (non-hydrogen) atoms. The molecule has 0 aliphatic heterocycles. The number of phenols is 1. The number of rotatable bonds is 2. The second kappa shape index (κ2) is 4.14. The first-order chi connectivity index (χ1) is 7.27. The minimum absolute atomic E-state index is 0.00905. The lowest BCUT2D eigenvalue weighted by Gasteiger charge is -2.04. The number of benzene rings is 1. The molecule has 0 spiro atoms. The maximum atomic E-state index is 11.7. The van der Waals surface area contributed by atoms with Gasteiger partial charge >= 0.3 is 0 Å². The Kier molecular flexibility index (Phi) is 2.69. The van der Waals surface area contributed by atoms with E-state index in [1.165, 1.54) is 17.4 Å². The number of carbonyl (C=O) groups excluding carboxylic acids is 1. The molecule has 1 aromatic carbocycles. The Morgan fingerprint density at radius 1 is 1.27 bits per heavy atom. The van der Waals surface area contributed by atoms with Crippen LogP contribution in [0, 0.1) is 0 Å². The van der Waals surface area contributed by atoms with Crippen LogP contribution in [0.1, 0.15) is 10.4 Å². The highest BCUT2D eigenvalue weighted by molar-refractivity contribution is 7.08. The smallest absolute Gasteiger partial charge is 0.259 e. The van der Waals surface area contributed by atoms with Gasteiger partial charge in [0.1, 0.15) is 5.75 Å². The largest absolute Gasteiger partial charge is 0.507 e. The third-order valence-corrected chi connectivity index (χ3v) is 2.61. The zero-order valence-corrected chi connectivity index (χ0v) is 8.62. The molecule has 1 amide bonds. The Morgan fingerprint density at radius 3 is 2.73 bits per heavy atom. The van der Waals surface area contributed by atoms with Crippen LogP contribution in [0.15, 0.2) is 41.1 Å². The average Bonchev–Trinajstić information content (AvgIpc) is 2.71. The molecule has 2 N–H and O–H groups in total. The Bertz CT molecular complexity index is 465. The monoisotopic (exact) mass is 219 g/mol. The van der Waals surface area contributed by atoms with Crippen LogP contribution in [-0.4, -0.2) is 11.0 Å². The van der Waals surface area contributed by atoms with Crippen molar-refractivity contribution in [2.45, 2.75) is 0 Å². The molecular formula is C11H9NO2S. The van der Waals surface area contributed by atoms with Gasteiger partial charge in [-0.3, -0.25) is 4.79 Å². The normalized spacial score (nSPS) is 9.87. The Labute approximate surface area is 91.0 Å².